The Kier molecular flexibility index (Phi) is 6.22. The summed E-state index contributed by atoms with van der Waals surface area (Å²) >= 11 is 0. The molecule has 4 nitrogen and oxygen atoms in total. The third-order valence-electron chi connectivity index (χ3n) is 2.34. The molecule has 1 amide bonds. The number of rotatable bonds is 7. The van der Waals surface area contributed by atoms with E-state index in [9.17, 15) is 4.79 Å². The number of likely N-dealkylation sites (N-methyl/N-ethyl adjacent to an activating group) is 1. The Labute approximate surface area is 109 Å². The van der Waals surface area contributed by atoms with Crippen molar-refractivity contribution in [1.29, 1.82) is 0 Å². The fourth-order valence-corrected chi connectivity index (χ4v) is 1.39. The number of hydrogen-bond acceptors (Lipinski definition) is 3. The van der Waals surface area contributed by atoms with E-state index in [-0.39, 0.29) is 5.91 Å². The van der Waals surface area contributed by atoms with Crippen LogP contribution in [0.4, 0.5) is 0 Å². The minimum Gasteiger partial charge on any atom is -0.493 e. The molecule has 0 aliphatic rings. The molecule has 100 valence electrons. The largest absolute Gasteiger partial charge is 0.493 e. The van der Waals surface area contributed by atoms with Crippen LogP contribution in [0.1, 0.15) is 24.2 Å². The normalized spacial score (nSPS) is 10.4. The van der Waals surface area contributed by atoms with Gasteiger partial charge in [0.2, 0.25) is 0 Å². The van der Waals surface area contributed by atoms with Crippen LogP contribution in [0.25, 0.3) is 0 Å². The minimum absolute atomic E-state index is 0.0692. The summed E-state index contributed by atoms with van der Waals surface area (Å²) < 4.78 is 5.59. The van der Waals surface area contributed by atoms with Crippen molar-refractivity contribution < 1.29 is 9.53 Å². The van der Waals surface area contributed by atoms with Crippen molar-refractivity contribution in [1.82, 2.24) is 10.6 Å². The molecule has 0 radical (unpaired) electrons. The first-order valence-electron chi connectivity index (χ1n) is 6.29. The molecule has 0 saturated heterocycles. The van der Waals surface area contributed by atoms with E-state index in [1.165, 1.54) is 0 Å². The Hall–Kier alpha value is -1.55. The zero-order valence-electron chi connectivity index (χ0n) is 11.3. The van der Waals surface area contributed by atoms with E-state index in [0.717, 1.165) is 12.3 Å². The zero-order chi connectivity index (χ0) is 13.4. The lowest BCUT2D eigenvalue weighted by Gasteiger charge is -2.10. The summed E-state index contributed by atoms with van der Waals surface area (Å²) in [5.41, 5.74) is 0.632. The number of hydrogen-bond donors (Lipinski definition) is 2. The maximum atomic E-state index is 11.8. The van der Waals surface area contributed by atoms with Gasteiger partial charge in [-0.3, -0.25) is 4.79 Å². The van der Waals surface area contributed by atoms with Crippen molar-refractivity contribution in [2.75, 3.05) is 26.7 Å². The number of nitrogens with one attached hydrogen (secondary N) is 2. The Morgan fingerprint density at radius 2 is 2.11 bits per heavy atom. The smallest absolute Gasteiger partial charge is 0.251 e. The van der Waals surface area contributed by atoms with Gasteiger partial charge in [-0.2, -0.15) is 0 Å². The summed E-state index contributed by atoms with van der Waals surface area (Å²) in [5.74, 6) is 1.14. The molecule has 1 rings (SSSR count). The van der Waals surface area contributed by atoms with Crippen molar-refractivity contribution in [2.24, 2.45) is 5.92 Å². The Bertz CT molecular complexity index is 378. The average molecular weight is 250 g/mol. The Morgan fingerprint density at radius 1 is 1.33 bits per heavy atom. The minimum atomic E-state index is -0.0692. The first-order valence-corrected chi connectivity index (χ1v) is 6.29. The lowest BCUT2D eigenvalue weighted by molar-refractivity contribution is 0.0953. The lowest BCUT2D eigenvalue weighted by Crippen LogP contribution is -2.30. The monoisotopic (exact) mass is 250 g/mol. The van der Waals surface area contributed by atoms with Crippen molar-refractivity contribution in [3.8, 4) is 5.75 Å². The quantitative estimate of drug-likeness (QED) is 0.724. The molecule has 18 heavy (non-hydrogen) atoms. The number of carbonyl (C=O) groups excluding carboxylic acids is 1. The third kappa shape index (κ3) is 5.19. The van der Waals surface area contributed by atoms with Gasteiger partial charge in [0.1, 0.15) is 5.75 Å². The van der Waals surface area contributed by atoms with Crippen LogP contribution >= 0.6 is 0 Å². The third-order valence-corrected chi connectivity index (χ3v) is 2.34. The van der Waals surface area contributed by atoms with Gasteiger partial charge in [0.25, 0.3) is 5.91 Å². The molecule has 0 unspecified atom stereocenters. The van der Waals surface area contributed by atoms with Crippen molar-refractivity contribution in [3.63, 3.8) is 0 Å². The first kappa shape index (κ1) is 14.5. The maximum Gasteiger partial charge on any atom is 0.251 e. The molecule has 0 aliphatic carbocycles. The fraction of sp³-hybridized carbons (Fsp3) is 0.500. The molecule has 0 aliphatic heterocycles. The molecule has 0 heterocycles. The number of benzene rings is 1. The topological polar surface area (TPSA) is 50.4 Å². The van der Waals surface area contributed by atoms with Crippen LogP contribution in [0.3, 0.4) is 0 Å². The SMILES string of the molecule is CNCCNC(=O)c1cccc(OCC(C)C)c1. The number of amides is 1. The van der Waals surface area contributed by atoms with Crippen LogP contribution in [-0.2, 0) is 0 Å². The van der Waals surface area contributed by atoms with Gasteiger partial charge in [-0.05, 0) is 31.2 Å². The molecule has 0 saturated carbocycles. The van der Waals surface area contributed by atoms with Gasteiger partial charge in [0, 0.05) is 18.7 Å². The highest BCUT2D eigenvalue weighted by Gasteiger charge is 2.06. The summed E-state index contributed by atoms with van der Waals surface area (Å²) in [4.78, 5) is 11.8. The van der Waals surface area contributed by atoms with E-state index in [2.05, 4.69) is 24.5 Å². The van der Waals surface area contributed by atoms with E-state index < -0.39 is 0 Å². The van der Waals surface area contributed by atoms with Gasteiger partial charge in [0.15, 0.2) is 0 Å². The van der Waals surface area contributed by atoms with E-state index in [1.54, 1.807) is 12.1 Å². The van der Waals surface area contributed by atoms with Gasteiger partial charge in [-0.1, -0.05) is 19.9 Å². The fourth-order valence-electron chi connectivity index (χ4n) is 1.39. The Morgan fingerprint density at radius 3 is 2.78 bits per heavy atom. The molecule has 0 atom stereocenters. The maximum absolute atomic E-state index is 11.8. The van der Waals surface area contributed by atoms with E-state index >= 15 is 0 Å². The molecule has 0 fully saturated rings. The Balaban J connectivity index is 2.55. The summed E-state index contributed by atoms with van der Waals surface area (Å²) in [6.45, 7) is 6.22. The molecule has 1 aromatic carbocycles. The van der Waals surface area contributed by atoms with Gasteiger partial charge in [0.05, 0.1) is 6.61 Å². The molecule has 1 aromatic rings. The lowest BCUT2D eigenvalue weighted by atomic mass is 10.2. The predicted octanol–water partition coefficient (Wildman–Crippen LogP) is 1.67. The highest BCUT2D eigenvalue weighted by atomic mass is 16.5. The van der Waals surface area contributed by atoms with Crippen LogP contribution in [0.5, 0.6) is 5.75 Å². The molecule has 4 heteroatoms. The highest BCUT2D eigenvalue weighted by Crippen LogP contribution is 2.14. The van der Waals surface area contributed by atoms with Gasteiger partial charge >= 0.3 is 0 Å². The molecular formula is C14H22N2O2. The molecule has 0 spiro atoms. The van der Waals surface area contributed by atoms with Crippen LogP contribution < -0.4 is 15.4 Å². The highest BCUT2D eigenvalue weighted by molar-refractivity contribution is 5.94. The number of ether oxygens (including phenoxy) is 1. The van der Waals surface area contributed by atoms with Crippen molar-refractivity contribution in [2.45, 2.75) is 13.8 Å². The van der Waals surface area contributed by atoms with E-state index in [1.807, 2.05) is 19.2 Å². The summed E-state index contributed by atoms with van der Waals surface area (Å²) in [6, 6.07) is 7.27. The van der Waals surface area contributed by atoms with Crippen LogP contribution in [0.15, 0.2) is 24.3 Å². The van der Waals surface area contributed by atoms with Crippen molar-refractivity contribution in [3.05, 3.63) is 29.8 Å². The molecule has 0 bridgehead atoms. The van der Waals surface area contributed by atoms with Crippen molar-refractivity contribution >= 4 is 5.91 Å². The summed E-state index contributed by atoms with van der Waals surface area (Å²) in [5, 5.41) is 5.81. The van der Waals surface area contributed by atoms with Crippen LogP contribution in [-0.4, -0.2) is 32.7 Å². The second kappa shape index (κ2) is 7.71. The van der Waals surface area contributed by atoms with Gasteiger partial charge in [-0.25, -0.2) is 0 Å². The number of carbonyl (C=O) groups is 1. The second-order valence-corrected chi connectivity index (χ2v) is 4.59. The molecular weight excluding hydrogens is 228 g/mol. The zero-order valence-corrected chi connectivity index (χ0v) is 11.3. The van der Waals surface area contributed by atoms with Crippen LogP contribution in [0.2, 0.25) is 0 Å². The standard InChI is InChI=1S/C14H22N2O2/c1-11(2)10-18-13-6-4-5-12(9-13)14(17)16-8-7-15-3/h4-6,9,11,15H,7-8,10H2,1-3H3,(H,16,17). The average Bonchev–Trinajstić information content (AvgIpc) is 2.37. The second-order valence-electron chi connectivity index (χ2n) is 4.59. The van der Waals surface area contributed by atoms with Crippen LogP contribution in [0, 0.1) is 5.92 Å². The molecule has 2 N–H and O–H groups in total. The van der Waals surface area contributed by atoms with E-state index in [4.69, 9.17) is 4.74 Å². The first-order chi connectivity index (χ1) is 8.63. The summed E-state index contributed by atoms with van der Waals surface area (Å²) in [7, 11) is 1.85. The molecule has 0 aromatic heterocycles. The van der Waals surface area contributed by atoms with Gasteiger partial charge < -0.3 is 15.4 Å². The summed E-state index contributed by atoms with van der Waals surface area (Å²) in [6.07, 6.45) is 0. The van der Waals surface area contributed by atoms with E-state index in [0.29, 0.717) is 24.6 Å². The predicted molar refractivity (Wildman–Crippen MR) is 73.0 cm³/mol. The van der Waals surface area contributed by atoms with Gasteiger partial charge in [-0.15, -0.1) is 0 Å².